The Morgan fingerprint density at radius 3 is 2.27 bits per heavy atom. The highest BCUT2D eigenvalue weighted by molar-refractivity contribution is 7.92. The van der Waals surface area contributed by atoms with Crippen molar-refractivity contribution in [1.29, 1.82) is 0 Å². The molecule has 15 heavy (non-hydrogen) atoms. The third-order valence-electron chi connectivity index (χ3n) is 2.24. The van der Waals surface area contributed by atoms with Gasteiger partial charge in [-0.1, -0.05) is 0 Å². The summed E-state index contributed by atoms with van der Waals surface area (Å²) in [5.41, 5.74) is 0. The highest BCUT2D eigenvalue weighted by Crippen LogP contribution is 2.02. The highest BCUT2D eigenvalue weighted by atomic mass is 35.5. The summed E-state index contributed by atoms with van der Waals surface area (Å²) in [5.74, 6) is 0.223. The van der Waals surface area contributed by atoms with Crippen molar-refractivity contribution in [1.82, 2.24) is 5.32 Å². The molecule has 0 spiro atoms. The average molecular weight is 256 g/mol. The maximum absolute atomic E-state index is 11.4. The summed E-state index contributed by atoms with van der Waals surface area (Å²) < 4.78 is 22.8. The molecule has 0 aliphatic rings. The molecule has 0 aromatic heterocycles. The van der Waals surface area contributed by atoms with E-state index in [4.69, 9.17) is 11.6 Å². The summed E-state index contributed by atoms with van der Waals surface area (Å²) in [6.07, 6.45) is 1.96. The number of hydrogen-bond acceptors (Lipinski definition) is 3. The summed E-state index contributed by atoms with van der Waals surface area (Å²) in [4.78, 5) is 0. The minimum Gasteiger partial charge on any atom is -0.316 e. The van der Waals surface area contributed by atoms with Crippen LogP contribution in [0.3, 0.4) is 0 Å². The molecule has 0 aromatic rings. The molecule has 3 nitrogen and oxygen atoms in total. The standard InChI is InChI=1S/C10H22ClNO2S/c1-9(2)15(13,14)8-7-12-6-4-5-10(3)11/h9-10,12H,4-8H2,1-3H3. The van der Waals surface area contributed by atoms with Crippen LogP contribution in [0, 0.1) is 0 Å². The molecule has 0 aliphatic carbocycles. The van der Waals surface area contributed by atoms with Gasteiger partial charge in [-0.25, -0.2) is 8.42 Å². The smallest absolute Gasteiger partial charge is 0.153 e. The fraction of sp³-hybridized carbons (Fsp3) is 1.00. The number of alkyl halides is 1. The van der Waals surface area contributed by atoms with Gasteiger partial charge in [-0.3, -0.25) is 0 Å². The number of hydrogen-bond donors (Lipinski definition) is 1. The number of nitrogens with one attached hydrogen (secondary N) is 1. The van der Waals surface area contributed by atoms with Crippen molar-refractivity contribution in [3.8, 4) is 0 Å². The molecule has 1 unspecified atom stereocenters. The maximum Gasteiger partial charge on any atom is 0.153 e. The summed E-state index contributed by atoms with van der Waals surface area (Å²) in [6, 6.07) is 0. The van der Waals surface area contributed by atoms with E-state index in [-0.39, 0.29) is 16.4 Å². The molecule has 0 bridgehead atoms. The van der Waals surface area contributed by atoms with Crippen LogP contribution in [0.4, 0.5) is 0 Å². The third-order valence-corrected chi connectivity index (χ3v) is 4.66. The zero-order chi connectivity index (χ0) is 11.9. The normalized spacial score (nSPS) is 14.5. The Balaban J connectivity index is 3.47. The topological polar surface area (TPSA) is 46.2 Å². The van der Waals surface area contributed by atoms with E-state index < -0.39 is 9.84 Å². The van der Waals surface area contributed by atoms with Gasteiger partial charge in [0, 0.05) is 11.9 Å². The lowest BCUT2D eigenvalue weighted by Gasteiger charge is -2.08. The monoisotopic (exact) mass is 255 g/mol. The summed E-state index contributed by atoms with van der Waals surface area (Å²) >= 11 is 5.78. The first-order valence-electron chi connectivity index (χ1n) is 5.42. The van der Waals surface area contributed by atoms with E-state index in [9.17, 15) is 8.42 Å². The molecule has 1 N–H and O–H groups in total. The van der Waals surface area contributed by atoms with Gasteiger partial charge < -0.3 is 5.32 Å². The van der Waals surface area contributed by atoms with Crippen molar-refractivity contribution >= 4 is 21.4 Å². The third kappa shape index (κ3) is 8.05. The van der Waals surface area contributed by atoms with Crippen LogP contribution in [0.15, 0.2) is 0 Å². The van der Waals surface area contributed by atoms with Gasteiger partial charge in [0.25, 0.3) is 0 Å². The lowest BCUT2D eigenvalue weighted by Crippen LogP contribution is -2.28. The van der Waals surface area contributed by atoms with Crippen molar-refractivity contribution < 1.29 is 8.42 Å². The van der Waals surface area contributed by atoms with Crippen LogP contribution in [-0.2, 0) is 9.84 Å². The van der Waals surface area contributed by atoms with E-state index in [0.29, 0.717) is 6.54 Å². The number of halogens is 1. The minimum absolute atomic E-state index is 0.200. The fourth-order valence-corrected chi connectivity index (χ4v) is 2.14. The molecule has 0 aromatic carbocycles. The van der Waals surface area contributed by atoms with Crippen molar-refractivity contribution in [2.45, 2.75) is 44.2 Å². The van der Waals surface area contributed by atoms with E-state index >= 15 is 0 Å². The van der Waals surface area contributed by atoms with Gasteiger partial charge in [0.1, 0.15) is 0 Å². The SMILES string of the molecule is CC(Cl)CCCNCCS(=O)(=O)C(C)C. The molecule has 0 aliphatic heterocycles. The first-order chi connectivity index (χ1) is 6.86. The van der Waals surface area contributed by atoms with E-state index in [2.05, 4.69) is 5.32 Å². The van der Waals surface area contributed by atoms with Crippen molar-refractivity contribution in [3.63, 3.8) is 0 Å². The molecule has 0 saturated heterocycles. The molecule has 0 fully saturated rings. The van der Waals surface area contributed by atoms with Gasteiger partial charge in [0.05, 0.1) is 11.0 Å². The largest absolute Gasteiger partial charge is 0.316 e. The fourth-order valence-electron chi connectivity index (χ4n) is 1.08. The van der Waals surface area contributed by atoms with Crippen LogP contribution in [0.2, 0.25) is 0 Å². The predicted molar refractivity (Wildman–Crippen MR) is 66.3 cm³/mol. The molecule has 0 amide bonds. The quantitative estimate of drug-likeness (QED) is 0.532. The van der Waals surface area contributed by atoms with Gasteiger partial charge in [0.2, 0.25) is 0 Å². The second kappa shape index (κ2) is 7.47. The second-order valence-electron chi connectivity index (χ2n) is 4.09. The molecule has 0 heterocycles. The molecular formula is C10H22ClNO2S. The molecule has 0 saturated carbocycles. The highest BCUT2D eigenvalue weighted by Gasteiger charge is 2.14. The maximum atomic E-state index is 11.4. The van der Waals surface area contributed by atoms with E-state index in [1.165, 1.54) is 0 Å². The van der Waals surface area contributed by atoms with Crippen LogP contribution in [0.1, 0.15) is 33.6 Å². The van der Waals surface area contributed by atoms with Gasteiger partial charge in [-0.2, -0.15) is 0 Å². The molecule has 0 rings (SSSR count). The molecular weight excluding hydrogens is 234 g/mol. The summed E-state index contributed by atoms with van der Waals surface area (Å²) in [7, 11) is -2.89. The van der Waals surface area contributed by atoms with Gasteiger partial charge in [0.15, 0.2) is 9.84 Å². The van der Waals surface area contributed by atoms with Crippen molar-refractivity contribution in [2.75, 3.05) is 18.8 Å². The Hall–Kier alpha value is 0.200. The lowest BCUT2D eigenvalue weighted by molar-refractivity contribution is 0.579. The molecule has 92 valence electrons. The summed E-state index contributed by atoms with van der Waals surface area (Å²) in [6.45, 7) is 6.77. The van der Waals surface area contributed by atoms with Crippen LogP contribution in [0.25, 0.3) is 0 Å². The van der Waals surface area contributed by atoms with Crippen LogP contribution >= 0.6 is 11.6 Å². The molecule has 5 heteroatoms. The van der Waals surface area contributed by atoms with Gasteiger partial charge in [-0.05, 0) is 40.2 Å². The first kappa shape index (κ1) is 15.2. The molecule has 1 atom stereocenters. The van der Waals surface area contributed by atoms with Crippen LogP contribution in [0.5, 0.6) is 0 Å². The minimum atomic E-state index is -2.89. The Morgan fingerprint density at radius 1 is 1.20 bits per heavy atom. The Labute approximate surface area is 98.5 Å². The second-order valence-corrected chi connectivity index (χ2v) is 7.51. The Kier molecular flexibility index (Phi) is 7.57. The van der Waals surface area contributed by atoms with Crippen molar-refractivity contribution in [2.24, 2.45) is 0 Å². The van der Waals surface area contributed by atoms with E-state index in [0.717, 1.165) is 19.4 Å². The zero-order valence-corrected chi connectivity index (χ0v) is 11.4. The van der Waals surface area contributed by atoms with Crippen LogP contribution < -0.4 is 5.32 Å². The number of sulfone groups is 1. The van der Waals surface area contributed by atoms with E-state index in [1.54, 1.807) is 13.8 Å². The Bertz CT molecular complexity index is 250. The summed E-state index contributed by atoms with van der Waals surface area (Å²) in [5, 5.41) is 3.04. The average Bonchev–Trinajstić information content (AvgIpc) is 2.10. The van der Waals surface area contributed by atoms with Crippen molar-refractivity contribution in [3.05, 3.63) is 0 Å². The molecule has 0 radical (unpaired) electrons. The number of rotatable bonds is 8. The van der Waals surface area contributed by atoms with Gasteiger partial charge in [-0.15, -0.1) is 11.6 Å². The lowest BCUT2D eigenvalue weighted by atomic mass is 10.2. The first-order valence-corrected chi connectivity index (χ1v) is 7.58. The van der Waals surface area contributed by atoms with Gasteiger partial charge >= 0.3 is 0 Å². The zero-order valence-electron chi connectivity index (χ0n) is 9.79. The van der Waals surface area contributed by atoms with Crippen LogP contribution in [-0.4, -0.2) is 37.9 Å². The predicted octanol–water partition coefficient (Wildman–Crippen LogP) is 1.81. The van der Waals surface area contributed by atoms with E-state index in [1.807, 2.05) is 6.92 Å². The Morgan fingerprint density at radius 2 is 1.80 bits per heavy atom.